The van der Waals surface area contributed by atoms with Gasteiger partial charge in [0.15, 0.2) is 0 Å². The third-order valence-corrected chi connectivity index (χ3v) is 3.80. The highest BCUT2D eigenvalue weighted by Gasteiger charge is 2.09. The van der Waals surface area contributed by atoms with E-state index in [-0.39, 0.29) is 12.6 Å². The largest absolute Gasteiger partial charge is 0.496 e. The third-order valence-electron chi connectivity index (χ3n) is 3.18. The summed E-state index contributed by atoms with van der Waals surface area (Å²) in [5.41, 5.74) is 2.01. The average Bonchev–Trinajstić information content (AvgIpc) is 2.93. The summed E-state index contributed by atoms with van der Waals surface area (Å²) in [6.45, 7) is 3.24. The van der Waals surface area contributed by atoms with Crippen LogP contribution in [0.5, 0.6) is 5.75 Å². The zero-order chi connectivity index (χ0) is 15.2. The minimum Gasteiger partial charge on any atom is -0.496 e. The first-order chi connectivity index (χ1) is 10.1. The Morgan fingerprint density at radius 3 is 2.95 bits per heavy atom. The number of ether oxygens (including phenoxy) is 1. The quantitative estimate of drug-likeness (QED) is 0.794. The van der Waals surface area contributed by atoms with E-state index in [0.29, 0.717) is 13.1 Å². The van der Waals surface area contributed by atoms with E-state index in [1.165, 1.54) is 0 Å². The molecule has 7 heteroatoms. The first-order valence-electron chi connectivity index (χ1n) is 6.70. The predicted octanol–water partition coefficient (Wildman–Crippen LogP) is 1.89. The lowest BCUT2D eigenvalue weighted by atomic mass is 10.1. The fourth-order valence-corrected chi connectivity index (χ4v) is 2.52. The molecular weight excluding hydrogens is 336 g/mol. The number of halogens is 1. The minimum atomic E-state index is 0.0620. The number of benzene rings is 1. The number of aliphatic hydroxyl groups excluding tert-OH is 1. The summed E-state index contributed by atoms with van der Waals surface area (Å²) in [5.74, 6) is 0.817. The fraction of sp³-hybridized carbons (Fsp3) is 0.429. The van der Waals surface area contributed by atoms with Crippen molar-refractivity contribution in [3.05, 3.63) is 40.1 Å². The Morgan fingerprint density at radius 2 is 2.29 bits per heavy atom. The zero-order valence-corrected chi connectivity index (χ0v) is 13.7. The molecule has 0 fully saturated rings. The number of aliphatic hydroxyl groups is 1. The fourth-order valence-electron chi connectivity index (χ4n) is 1.96. The Morgan fingerprint density at radius 1 is 1.48 bits per heavy atom. The molecule has 0 saturated heterocycles. The summed E-state index contributed by atoms with van der Waals surface area (Å²) < 4.78 is 7.79. The Balaban J connectivity index is 1.94. The summed E-state index contributed by atoms with van der Waals surface area (Å²) >= 11 is 3.49. The normalized spacial score (nSPS) is 12.4. The SMILES string of the molecule is COc1ccc(C(C)NCc2cn(CCO)nn2)cc1Br. The molecule has 1 heterocycles. The highest BCUT2D eigenvalue weighted by Crippen LogP contribution is 2.27. The van der Waals surface area contributed by atoms with Gasteiger partial charge in [0, 0.05) is 18.8 Å². The van der Waals surface area contributed by atoms with Crippen molar-refractivity contribution in [2.45, 2.75) is 26.1 Å². The van der Waals surface area contributed by atoms with Gasteiger partial charge in [-0.2, -0.15) is 0 Å². The summed E-state index contributed by atoms with van der Waals surface area (Å²) in [7, 11) is 1.65. The van der Waals surface area contributed by atoms with Crippen LogP contribution in [0.2, 0.25) is 0 Å². The molecule has 2 aromatic rings. The summed E-state index contributed by atoms with van der Waals surface area (Å²) in [6.07, 6.45) is 1.83. The Hall–Kier alpha value is -1.44. The minimum absolute atomic E-state index is 0.0620. The molecule has 1 unspecified atom stereocenters. The lowest BCUT2D eigenvalue weighted by Crippen LogP contribution is -2.18. The molecule has 0 radical (unpaired) electrons. The first-order valence-corrected chi connectivity index (χ1v) is 7.50. The number of hydrogen-bond donors (Lipinski definition) is 2. The molecule has 0 aliphatic carbocycles. The standard InChI is InChI=1S/C14H19BrN4O2/c1-10(11-3-4-14(21-2)13(15)7-11)16-8-12-9-19(5-6-20)18-17-12/h3-4,7,9-10,16,20H,5-6,8H2,1-2H3. The lowest BCUT2D eigenvalue weighted by Gasteiger charge is -2.14. The molecule has 0 aliphatic heterocycles. The number of nitrogens with zero attached hydrogens (tertiary/aromatic N) is 3. The molecule has 1 atom stereocenters. The van der Waals surface area contributed by atoms with Crippen LogP contribution < -0.4 is 10.1 Å². The molecule has 1 aromatic carbocycles. The van der Waals surface area contributed by atoms with E-state index in [1.807, 2.05) is 24.4 Å². The molecule has 1 aromatic heterocycles. The lowest BCUT2D eigenvalue weighted by molar-refractivity contribution is 0.268. The summed E-state index contributed by atoms with van der Waals surface area (Å²) in [4.78, 5) is 0. The van der Waals surface area contributed by atoms with E-state index in [2.05, 4.69) is 38.5 Å². The maximum absolute atomic E-state index is 8.85. The van der Waals surface area contributed by atoms with Crippen molar-refractivity contribution in [2.75, 3.05) is 13.7 Å². The second kappa shape index (κ2) is 7.53. The maximum Gasteiger partial charge on any atom is 0.133 e. The van der Waals surface area contributed by atoms with Crippen LogP contribution in [0, 0.1) is 0 Å². The molecule has 0 aliphatic rings. The Bertz CT molecular complexity index is 588. The van der Waals surface area contributed by atoms with Gasteiger partial charge >= 0.3 is 0 Å². The monoisotopic (exact) mass is 354 g/mol. The van der Waals surface area contributed by atoms with E-state index in [0.717, 1.165) is 21.5 Å². The van der Waals surface area contributed by atoms with Gasteiger partial charge in [-0.15, -0.1) is 5.10 Å². The van der Waals surface area contributed by atoms with Crippen LogP contribution in [0.15, 0.2) is 28.9 Å². The van der Waals surface area contributed by atoms with E-state index >= 15 is 0 Å². The molecule has 114 valence electrons. The molecule has 0 amide bonds. The summed E-state index contributed by atoms with van der Waals surface area (Å²) in [5, 5.41) is 20.2. The van der Waals surface area contributed by atoms with Crippen LogP contribution in [0.3, 0.4) is 0 Å². The third kappa shape index (κ3) is 4.26. The average molecular weight is 355 g/mol. The number of nitrogens with one attached hydrogen (secondary N) is 1. The number of methoxy groups -OCH3 is 1. The predicted molar refractivity (Wildman–Crippen MR) is 83.1 cm³/mol. The van der Waals surface area contributed by atoms with Crippen LogP contribution >= 0.6 is 15.9 Å². The molecule has 0 saturated carbocycles. The topological polar surface area (TPSA) is 72.2 Å². The van der Waals surface area contributed by atoms with Gasteiger partial charge in [-0.1, -0.05) is 11.3 Å². The highest BCUT2D eigenvalue weighted by atomic mass is 79.9. The van der Waals surface area contributed by atoms with Gasteiger partial charge in [-0.05, 0) is 40.5 Å². The van der Waals surface area contributed by atoms with Gasteiger partial charge in [0.05, 0.1) is 30.4 Å². The van der Waals surface area contributed by atoms with Gasteiger partial charge in [-0.3, -0.25) is 0 Å². The van der Waals surface area contributed by atoms with Crippen LogP contribution in [0.1, 0.15) is 24.2 Å². The number of rotatable bonds is 7. The highest BCUT2D eigenvalue weighted by molar-refractivity contribution is 9.10. The van der Waals surface area contributed by atoms with Crippen LogP contribution in [0.4, 0.5) is 0 Å². The zero-order valence-electron chi connectivity index (χ0n) is 12.1. The maximum atomic E-state index is 8.85. The van der Waals surface area contributed by atoms with Crippen molar-refractivity contribution in [2.24, 2.45) is 0 Å². The van der Waals surface area contributed by atoms with Gasteiger partial charge in [0.2, 0.25) is 0 Å². The molecular formula is C14H19BrN4O2. The van der Waals surface area contributed by atoms with Crippen LogP contribution in [-0.4, -0.2) is 33.8 Å². The van der Waals surface area contributed by atoms with Gasteiger partial charge in [0.25, 0.3) is 0 Å². The summed E-state index contributed by atoms with van der Waals surface area (Å²) in [6, 6.07) is 6.19. The molecule has 0 bridgehead atoms. The van der Waals surface area contributed by atoms with Crippen molar-refractivity contribution >= 4 is 15.9 Å². The molecule has 2 rings (SSSR count). The van der Waals surface area contributed by atoms with E-state index in [1.54, 1.807) is 11.8 Å². The first kappa shape index (κ1) is 15.9. The smallest absolute Gasteiger partial charge is 0.133 e. The molecule has 21 heavy (non-hydrogen) atoms. The van der Waals surface area contributed by atoms with Crippen molar-refractivity contribution in [3.8, 4) is 5.75 Å². The van der Waals surface area contributed by atoms with Crippen LogP contribution in [-0.2, 0) is 13.1 Å². The number of hydrogen-bond acceptors (Lipinski definition) is 5. The molecule has 6 nitrogen and oxygen atoms in total. The number of aromatic nitrogens is 3. The van der Waals surface area contributed by atoms with Crippen molar-refractivity contribution in [3.63, 3.8) is 0 Å². The van der Waals surface area contributed by atoms with Gasteiger partial charge in [-0.25, -0.2) is 4.68 Å². The van der Waals surface area contributed by atoms with E-state index in [4.69, 9.17) is 9.84 Å². The van der Waals surface area contributed by atoms with Crippen molar-refractivity contribution < 1.29 is 9.84 Å². The van der Waals surface area contributed by atoms with Crippen molar-refractivity contribution in [1.29, 1.82) is 0 Å². The Kier molecular flexibility index (Phi) is 5.72. The second-order valence-corrected chi connectivity index (χ2v) is 5.55. The van der Waals surface area contributed by atoms with E-state index in [9.17, 15) is 0 Å². The van der Waals surface area contributed by atoms with Crippen LogP contribution in [0.25, 0.3) is 0 Å². The van der Waals surface area contributed by atoms with E-state index < -0.39 is 0 Å². The van der Waals surface area contributed by atoms with Gasteiger partial charge in [0.1, 0.15) is 5.75 Å². The molecule has 0 spiro atoms. The molecule has 2 N–H and O–H groups in total. The Labute approximate surface area is 132 Å². The second-order valence-electron chi connectivity index (χ2n) is 4.69. The van der Waals surface area contributed by atoms with Gasteiger partial charge < -0.3 is 15.2 Å². The van der Waals surface area contributed by atoms with Crippen molar-refractivity contribution in [1.82, 2.24) is 20.3 Å².